The van der Waals surface area contributed by atoms with Crippen LogP contribution in [0.15, 0.2) is 42.7 Å². The van der Waals surface area contributed by atoms with E-state index in [0.29, 0.717) is 29.2 Å². The maximum Gasteiger partial charge on any atom is 0.194 e. The SMILES string of the molecule is CCOc1cncc(C(=O)c2cccc(OC)c2)c1. The van der Waals surface area contributed by atoms with E-state index < -0.39 is 0 Å². The third-order valence-corrected chi connectivity index (χ3v) is 2.62. The molecule has 0 radical (unpaired) electrons. The average molecular weight is 257 g/mol. The van der Waals surface area contributed by atoms with Gasteiger partial charge in [-0.25, -0.2) is 0 Å². The number of carbonyl (C=O) groups excluding carboxylic acids is 1. The molecule has 0 aliphatic rings. The molecule has 98 valence electrons. The van der Waals surface area contributed by atoms with E-state index in [4.69, 9.17) is 9.47 Å². The fourth-order valence-corrected chi connectivity index (χ4v) is 1.72. The Labute approximate surface area is 112 Å². The molecular weight excluding hydrogens is 242 g/mol. The molecule has 0 spiro atoms. The van der Waals surface area contributed by atoms with Crippen LogP contribution in [0.3, 0.4) is 0 Å². The van der Waals surface area contributed by atoms with Gasteiger partial charge in [0.1, 0.15) is 11.5 Å². The summed E-state index contributed by atoms with van der Waals surface area (Å²) in [7, 11) is 1.57. The zero-order chi connectivity index (χ0) is 13.7. The van der Waals surface area contributed by atoms with E-state index in [2.05, 4.69) is 4.98 Å². The highest BCUT2D eigenvalue weighted by molar-refractivity contribution is 6.09. The summed E-state index contributed by atoms with van der Waals surface area (Å²) in [6, 6.07) is 8.73. The van der Waals surface area contributed by atoms with Crippen molar-refractivity contribution in [3.05, 3.63) is 53.9 Å². The Kier molecular flexibility index (Phi) is 4.13. The highest BCUT2D eigenvalue weighted by atomic mass is 16.5. The Balaban J connectivity index is 2.30. The van der Waals surface area contributed by atoms with Crippen LogP contribution in [0.5, 0.6) is 11.5 Å². The van der Waals surface area contributed by atoms with Gasteiger partial charge in [0.05, 0.1) is 19.9 Å². The van der Waals surface area contributed by atoms with Gasteiger partial charge in [0.2, 0.25) is 0 Å². The van der Waals surface area contributed by atoms with Gasteiger partial charge in [-0.3, -0.25) is 9.78 Å². The Hall–Kier alpha value is -2.36. The summed E-state index contributed by atoms with van der Waals surface area (Å²) in [6.07, 6.45) is 3.12. The van der Waals surface area contributed by atoms with Gasteiger partial charge < -0.3 is 9.47 Å². The summed E-state index contributed by atoms with van der Waals surface area (Å²) in [5.74, 6) is 1.14. The number of hydrogen-bond acceptors (Lipinski definition) is 4. The van der Waals surface area contributed by atoms with Gasteiger partial charge in [0, 0.05) is 17.3 Å². The van der Waals surface area contributed by atoms with Gasteiger partial charge in [-0.1, -0.05) is 12.1 Å². The number of pyridine rings is 1. The number of ketones is 1. The Bertz CT molecular complexity index is 581. The lowest BCUT2D eigenvalue weighted by atomic mass is 10.0. The van der Waals surface area contributed by atoms with Gasteiger partial charge in [0.15, 0.2) is 5.78 Å². The van der Waals surface area contributed by atoms with Gasteiger partial charge in [0.25, 0.3) is 0 Å². The normalized spacial score (nSPS) is 10.0. The monoisotopic (exact) mass is 257 g/mol. The van der Waals surface area contributed by atoms with Crippen molar-refractivity contribution in [1.29, 1.82) is 0 Å². The first-order chi connectivity index (χ1) is 9.24. The molecule has 1 heterocycles. The van der Waals surface area contributed by atoms with E-state index in [9.17, 15) is 4.79 Å². The van der Waals surface area contributed by atoms with E-state index in [1.807, 2.05) is 6.92 Å². The summed E-state index contributed by atoms with van der Waals surface area (Å²) < 4.78 is 10.4. The molecule has 0 unspecified atom stereocenters. The minimum absolute atomic E-state index is 0.104. The molecule has 0 amide bonds. The molecule has 19 heavy (non-hydrogen) atoms. The predicted molar refractivity (Wildman–Crippen MR) is 71.8 cm³/mol. The van der Waals surface area contributed by atoms with Crippen molar-refractivity contribution in [2.45, 2.75) is 6.92 Å². The van der Waals surface area contributed by atoms with Crippen LogP contribution >= 0.6 is 0 Å². The van der Waals surface area contributed by atoms with Crippen LogP contribution < -0.4 is 9.47 Å². The van der Waals surface area contributed by atoms with Gasteiger partial charge >= 0.3 is 0 Å². The number of hydrogen-bond donors (Lipinski definition) is 0. The van der Waals surface area contributed by atoms with Crippen molar-refractivity contribution in [2.75, 3.05) is 13.7 Å². The van der Waals surface area contributed by atoms with Crippen molar-refractivity contribution >= 4 is 5.78 Å². The summed E-state index contributed by atoms with van der Waals surface area (Å²) in [5.41, 5.74) is 1.06. The van der Waals surface area contributed by atoms with Crippen molar-refractivity contribution in [3.63, 3.8) is 0 Å². The predicted octanol–water partition coefficient (Wildman–Crippen LogP) is 2.72. The van der Waals surface area contributed by atoms with Gasteiger partial charge in [-0.15, -0.1) is 0 Å². The maximum absolute atomic E-state index is 12.3. The van der Waals surface area contributed by atoms with Crippen molar-refractivity contribution in [3.8, 4) is 11.5 Å². The molecule has 0 aliphatic heterocycles. The first-order valence-corrected chi connectivity index (χ1v) is 6.01. The second-order valence-corrected chi connectivity index (χ2v) is 3.90. The Morgan fingerprint density at radius 3 is 2.68 bits per heavy atom. The number of aromatic nitrogens is 1. The minimum atomic E-state index is -0.104. The van der Waals surface area contributed by atoms with Crippen LogP contribution in [-0.4, -0.2) is 24.5 Å². The van der Waals surface area contributed by atoms with Crippen molar-refractivity contribution in [2.24, 2.45) is 0 Å². The second kappa shape index (κ2) is 6.00. The van der Waals surface area contributed by atoms with Crippen molar-refractivity contribution in [1.82, 2.24) is 4.98 Å². The fourth-order valence-electron chi connectivity index (χ4n) is 1.72. The molecule has 4 nitrogen and oxygen atoms in total. The smallest absolute Gasteiger partial charge is 0.194 e. The minimum Gasteiger partial charge on any atom is -0.497 e. The zero-order valence-corrected chi connectivity index (χ0v) is 10.9. The van der Waals surface area contributed by atoms with Crippen LogP contribution in [-0.2, 0) is 0 Å². The standard InChI is InChI=1S/C15H15NO3/c1-3-19-14-8-12(9-16-10-14)15(17)11-5-4-6-13(7-11)18-2/h4-10H,3H2,1-2H3. The first-order valence-electron chi connectivity index (χ1n) is 6.01. The van der Waals surface area contributed by atoms with E-state index in [1.165, 1.54) is 6.20 Å². The molecule has 0 saturated heterocycles. The van der Waals surface area contributed by atoms with Crippen molar-refractivity contribution < 1.29 is 14.3 Å². The molecular formula is C15H15NO3. The summed E-state index contributed by atoms with van der Waals surface area (Å²) in [5, 5.41) is 0. The van der Waals surface area contributed by atoms with E-state index in [-0.39, 0.29) is 5.78 Å². The molecule has 2 rings (SSSR count). The van der Waals surface area contributed by atoms with Crippen LogP contribution in [0.1, 0.15) is 22.8 Å². The third kappa shape index (κ3) is 3.10. The largest absolute Gasteiger partial charge is 0.497 e. The van der Waals surface area contributed by atoms with Gasteiger partial charge in [-0.05, 0) is 25.1 Å². The topological polar surface area (TPSA) is 48.4 Å². The third-order valence-electron chi connectivity index (χ3n) is 2.62. The summed E-state index contributed by atoms with van der Waals surface area (Å²) in [4.78, 5) is 16.3. The molecule has 0 atom stereocenters. The quantitative estimate of drug-likeness (QED) is 0.773. The zero-order valence-electron chi connectivity index (χ0n) is 10.9. The molecule has 0 N–H and O–H groups in total. The molecule has 2 aromatic rings. The lowest BCUT2D eigenvalue weighted by Gasteiger charge is -2.06. The highest BCUT2D eigenvalue weighted by Crippen LogP contribution is 2.18. The molecule has 0 fully saturated rings. The molecule has 4 heteroatoms. The van der Waals surface area contributed by atoms with E-state index >= 15 is 0 Å². The van der Waals surface area contributed by atoms with Crippen LogP contribution in [0.2, 0.25) is 0 Å². The molecule has 0 bridgehead atoms. The fraction of sp³-hybridized carbons (Fsp3) is 0.200. The van der Waals surface area contributed by atoms with Crippen LogP contribution in [0, 0.1) is 0 Å². The lowest BCUT2D eigenvalue weighted by molar-refractivity contribution is 0.103. The van der Waals surface area contributed by atoms with E-state index in [1.54, 1.807) is 43.6 Å². The average Bonchev–Trinajstić information content (AvgIpc) is 2.47. The number of methoxy groups -OCH3 is 1. The lowest BCUT2D eigenvalue weighted by Crippen LogP contribution is -2.03. The Morgan fingerprint density at radius 2 is 1.95 bits per heavy atom. The number of carbonyl (C=O) groups is 1. The molecule has 0 aliphatic carbocycles. The first kappa shape index (κ1) is 13.1. The Morgan fingerprint density at radius 1 is 1.16 bits per heavy atom. The molecule has 0 saturated carbocycles. The van der Waals surface area contributed by atoms with Crippen LogP contribution in [0.25, 0.3) is 0 Å². The number of nitrogens with zero attached hydrogens (tertiary/aromatic N) is 1. The second-order valence-electron chi connectivity index (χ2n) is 3.90. The summed E-state index contributed by atoms with van der Waals surface area (Å²) in [6.45, 7) is 2.43. The summed E-state index contributed by atoms with van der Waals surface area (Å²) >= 11 is 0. The molecule has 1 aromatic carbocycles. The molecule has 1 aromatic heterocycles. The number of rotatable bonds is 5. The number of ether oxygens (including phenoxy) is 2. The maximum atomic E-state index is 12.3. The number of benzene rings is 1. The van der Waals surface area contributed by atoms with E-state index in [0.717, 1.165) is 0 Å². The highest BCUT2D eigenvalue weighted by Gasteiger charge is 2.11. The van der Waals surface area contributed by atoms with Gasteiger partial charge in [-0.2, -0.15) is 0 Å². The van der Waals surface area contributed by atoms with Crippen LogP contribution in [0.4, 0.5) is 0 Å².